The van der Waals surface area contributed by atoms with Crippen LogP contribution in [-0.4, -0.2) is 37.2 Å². The van der Waals surface area contributed by atoms with Gasteiger partial charge in [-0.05, 0) is 60.9 Å². The Hall–Kier alpha value is -3.59. The van der Waals surface area contributed by atoms with E-state index in [1.54, 1.807) is 49.3 Å². The number of rotatable bonds is 7. The lowest BCUT2D eigenvalue weighted by atomic mass is 10.0. The molecular weight excluding hydrogens is 457 g/mol. The molecule has 0 saturated heterocycles. The molecule has 3 aromatic rings. The molecule has 0 atom stereocenters. The van der Waals surface area contributed by atoms with Crippen molar-refractivity contribution in [3.05, 3.63) is 75.9 Å². The van der Waals surface area contributed by atoms with Crippen molar-refractivity contribution in [3.63, 3.8) is 0 Å². The first-order chi connectivity index (χ1) is 16.5. The summed E-state index contributed by atoms with van der Waals surface area (Å²) >= 11 is 1.43. The van der Waals surface area contributed by atoms with Gasteiger partial charge in [-0.3, -0.25) is 4.79 Å². The monoisotopic (exact) mass is 483 g/mol. The summed E-state index contributed by atoms with van der Waals surface area (Å²) < 4.78 is 23.9. The lowest BCUT2D eigenvalue weighted by Crippen LogP contribution is -2.36. The van der Waals surface area contributed by atoms with Gasteiger partial charge in [-0.1, -0.05) is 12.1 Å². The Kier molecular flexibility index (Phi) is 7.32. The van der Waals surface area contributed by atoms with Crippen molar-refractivity contribution in [2.24, 2.45) is 0 Å². The summed E-state index contributed by atoms with van der Waals surface area (Å²) in [7, 11) is 1.58. The molecule has 0 unspecified atom stereocenters. The van der Waals surface area contributed by atoms with E-state index in [1.807, 2.05) is 6.07 Å². The van der Waals surface area contributed by atoms with Crippen LogP contribution in [0.15, 0.2) is 48.5 Å². The molecule has 0 fully saturated rings. The molecule has 2 aromatic carbocycles. The third kappa shape index (κ3) is 5.31. The molecule has 0 spiro atoms. The number of halogens is 1. The minimum absolute atomic E-state index is 0.242. The lowest BCUT2D eigenvalue weighted by molar-refractivity contribution is 0.102. The highest BCUT2D eigenvalue weighted by atomic mass is 32.1. The second-order valence-corrected chi connectivity index (χ2v) is 8.85. The highest BCUT2D eigenvalue weighted by Gasteiger charge is 2.30. The zero-order valence-electron chi connectivity index (χ0n) is 19.0. The zero-order chi connectivity index (χ0) is 24.1. The molecule has 7 nitrogen and oxygen atoms in total. The second kappa shape index (κ2) is 10.6. The van der Waals surface area contributed by atoms with E-state index in [4.69, 9.17) is 9.47 Å². The quantitative estimate of drug-likeness (QED) is 0.478. The normalized spacial score (nSPS) is 12.6. The summed E-state index contributed by atoms with van der Waals surface area (Å²) in [5, 5.41) is 6.95. The third-order valence-corrected chi connectivity index (χ3v) is 6.67. The van der Waals surface area contributed by atoms with Crippen molar-refractivity contribution in [2.75, 3.05) is 30.9 Å². The first-order valence-electron chi connectivity index (χ1n) is 11.0. The Morgan fingerprint density at radius 3 is 2.68 bits per heavy atom. The van der Waals surface area contributed by atoms with Gasteiger partial charge < -0.3 is 25.0 Å². The van der Waals surface area contributed by atoms with Crippen molar-refractivity contribution in [3.8, 4) is 5.75 Å². The van der Waals surface area contributed by atoms with Crippen LogP contribution < -0.4 is 15.4 Å². The number of nitrogens with zero attached hydrogens (tertiary/aromatic N) is 1. The fraction of sp³-hybridized carbons (Fsp3) is 0.280. The predicted octanol–water partition coefficient (Wildman–Crippen LogP) is 5.27. The van der Waals surface area contributed by atoms with Crippen LogP contribution in [0, 0.1) is 5.82 Å². The number of ether oxygens (including phenoxy) is 2. The van der Waals surface area contributed by atoms with Crippen molar-refractivity contribution in [1.82, 2.24) is 4.90 Å². The van der Waals surface area contributed by atoms with Crippen molar-refractivity contribution in [2.45, 2.75) is 26.4 Å². The van der Waals surface area contributed by atoms with Crippen LogP contribution >= 0.6 is 11.3 Å². The molecule has 1 aliphatic heterocycles. The number of amides is 2. The maximum Gasteiger partial charge on any atom is 0.410 e. The minimum Gasteiger partial charge on any atom is -0.497 e. The smallest absolute Gasteiger partial charge is 0.410 e. The molecule has 2 amide bonds. The summed E-state index contributed by atoms with van der Waals surface area (Å²) in [4.78, 5) is 28.2. The maximum atomic E-state index is 13.6. The van der Waals surface area contributed by atoms with Crippen LogP contribution in [0.25, 0.3) is 0 Å². The number of carbonyl (C=O) groups excluding carboxylic acids is 2. The highest BCUT2D eigenvalue weighted by molar-refractivity contribution is 7.16. The number of nitrogens with one attached hydrogen (secondary N) is 2. The highest BCUT2D eigenvalue weighted by Crippen LogP contribution is 2.38. The Morgan fingerprint density at radius 2 is 1.97 bits per heavy atom. The Balaban J connectivity index is 1.60. The average molecular weight is 484 g/mol. The molecule has 1 aliphatic rings. The van der Waals surface area contributed by atoms with Gasteiger partial charge in [0.25, 0.3) is 5.91 Å². The van der Waals surface area contributed by atoms with Gasteiger partial charge in [0.1, 0.15) is 16.6 Å². The van der Waals surface area contributed by atoms with E-state index in [9.17, 15) is 14.0 Å². The number of thiophene rings is 1. The molecular formula is C25H26FN3O4S. The number of carbonyl (C=O) groups is 2. The molecule has 0 aliphatic carbocycles. The Morgan fingerprint density at radius 1 is 1.18 bits per heavy atom. The van der Waals surface area contributed by atoms with E-state index < -0.39 is 0 Å². The third-order valence-electron chi connectivity index (χ3n) is 5.50. The van der Waals surface area contributed by atoms with E-state index in [0.717, 1.165) is 16.0 Å². The van der Waals surface area contributed by atoms with E-state index in [0.29, 0.717) is 54.7 Å². The predicted molar refractivity (Wildman–Crippen MR) is 130 cm³/mol. The molecule has 9 heteroatoms. The minimum atomic E-state index is -0.361. The van der Waals surface area contributed by atoms with E-state index in [1.165, 1.54) is 23.5 Å². The lowest BCUT2D eigenvalue weighted by Gasteiger charge is -2.26. The largest absolute Gasteiger partial charge is 0.497 e. The maximum absolute atomic E-state index is 13.6. The molecule has 2 N–H and O–H groups in total. The van der Waals surface area contributed by atoms with Crippen LogP contribution in [0.5, 0.6) is 5.75 Å². The van der Waals surface area contributed by atoms with E-state index in [2.05, 4.69) is 10.6 Å². The molecule has 0 bridgehead atoms. The zero-order valence-corrected chi connectivity index (χ0v) is 19.8. The van der Waals surface area contributed by atoms with Gasteiger partial charge in [-0.2, -0.15) is 0 Å². The van der Waals surface area contributed by atoms with Crippen molar-refractivity contribution >= 4 is 34.0 Å². The summed E-state index contributed by atoms with van der Waals surface area (Å²) in [6.45, 7) is 3.29. The SMILES string of the molecule is CCOC(=O)N1CCc2c(sc(NCc3cccc(F)c3)c2C(=O)Nc2ccc(OC)cc2)C1. The molecule has 0 radical (unpaired) electrons. The Bertz CT molecular complexity index is 1180. The molecule has 0 saturated carbocycles. The van der Waals surface area contributed by atoms with Gasteiger partial charge >= 0.3 is 6.09 Å². The van der Waals surface area contributed by atoms with E-state index >= 15 is 0 Å². The van der Waals surface area contributed by atoms with Crippen LogP contribution in [-0.2, 0) is 24.2 Å². The van der Waals surface area contributed by atoms with Crippen LogP contribution in [0.3, 0.4) is 0 Å². The summed E-state index contributed by atoms with van der Waals surface area (Å²) in [6.07, 6.45) is 0.178. The second-order valence-electron chi connectivity index (χ2n) is 7.74. The fourth-order valence-corrected chi connectivity index (χ4v) is 5.09. The van der Waals surface area contributed by atoms with Crippen LogP contribution in [0.4, 0.5) is 19.9 Å². The van der Waals surface area contributed by atoms with Gasteiger partial charge in [0.2, 0.25) is 0 Å². The number of hydrogen-bond donors (Lipinski definition) is 2. The number of benzene rings is 2. The van der Waals surface area contributed by atoms with Crippen LogP contribution in [0.1, 0.15) is 33.3 Å². The molecule has 1 aromatic heterocycles. The standard InChI is InChI=1S/C25H26FN3O4S/c1-3-33-25(31)29-12-11-20-21(15-29)34-24(27-14-16-5-4-6-17(26)13-16)22(20)23(30)28-18-7-9-19(32-2)10-8-18/h4-10,13,27H,3,11-12,14-15H2,1-2H3,(H,28,30). The van der Waals surface area contributed by atoms with Gasteiger partial charge in [-0.25, -0.2) is 9.18 Å². The molecule has 34 heavy (non-hydrogen) atoms. The number of hydrogen-bond acceptors (Lipinski definition) is 6. The Labute approximate surface area is 201 Å². The first-order valence-corrected chi connectivity index (χ1v) is 11.8. The summed E-state index contributed by atoms with van der Waals surface area (Å²) in [5.74, 6) is 0.142. The van der Waals surface area contributed by atoms with Gasteiger partial charge in [-0.15, -0.1) is 11.3 Å². The number of fused-ring (bicyclic) bond motifs is 1. The van der Waals surface area contributed by atoms with Crippen molar-refractivity contribution in [1.29, 1.82) is 0 Å². The molecule has 2 heterocycles. The van der Waals surface area contributed by atoms with E-state index in [-0.39, 0.29) is 17.8 Å². The van der Waals surface area contributed by atoms with Gasteiger partial charge in [0.05, 0.1) is 25.8 Å². The van der Waals surface area contributed by atoms with Gasteiger partial charge in [0, 0.05) is 23.7 Å². The topological polar surface area (TPSA) is 79.9 Å². The molecule has 4 rings (SSSR count). The molecule has 178 valence electrons. The fourth-order valence-electron chi connectivity index (χ4n) is 3.84. The average Bonchev–Trinajstić information content (AvgIpc) is 3.21. The van der Waals surface area contributed by atoms with Gasteiger partial charge in [0.15, 0.2) is 0 Å². The summed E-state index contributed by atoms with van der Waals surface area (Å²) in [6, 6.07) is 13.4. The van der Waals surface area contributed by atoms with Crippen molar-refractivity contribution < 1.29 is 23.5 Å². The number of methoxy groups -OCH3 is 1. The van der Waals surface area contributed by atoms with Crippen LogP contribution in [0.2, 0.25) is 0 Å². The number of anilines is 2. The first kappa shape index (κ1) is 23.6. The summed E-state index contributed by atoms with van der Waals surface area (Å²) in [5.41, 5.74) is 2.88.